The summed E-state index contributed by atoms with van der Waals surface area (Å²) >= 11 is 0. The summed E-state index contributed by atoms with van der Waals surface area (Å²) < 4.78 is 8.67. The lowest BCUT2D eigenvalue weighted by Crippen LogP contribution is -2.52. The highest BCUT2D eigenvalue weighted by Gasteiger charge is 2.28. The number of aryl methyl sites for hydroxylation is 2. The van der Waals surface area contributed by atoms with Crippen LogP contribution >= 0.6 is 0 Å². The molecular formula is C20H28N6O3. The van der Waals surface area contributed by atoms with E-state index in [-0.39, 0.29) is 11.5 Å². The molecule has 0 atom stereocenters. The average molecular weight is 400 g/mol. The van der Waals surface area contributed by atoms with Gasteiger partial charge < -0.3 is 14.5 Å². The number of likely N-dealkylation sites (tertiary alicyclic amines) is 1. The van der Waals surface area contributed by atoms with Crippen LogP contribution in [0.15, 0.2) is 23.0 Å². The Morgan fingerprint density at radius 3 is 2.69 bits per heavy atom. The van der Waals surface area contributed by atoms with E-state index in [4.69, 9.17) is 4.74 Å². The van der Waals surface area contributed by atoms with Crippen molar-refractivity contribution in [1.82, 2.24) is 29.4 Å². The number of amides is 1. The standard InChI is InChI=1S/C20H28N6O3/c1-15-11-16(2)26(21-15)18-3-4-20(28)25(22-18)14-17-12-23(13-17)6-7-24-8-10-29-9-5-19(24)27/h3-4,11,17H,5-10,12-14H2,1-2H3. The third-order valence-electron chi connectivity index (χ3n) is 5.55. The lowest BCUT2D eigenvalue weighted by molar-refractivity contribution is -0.130. The van der Waals surface area contributed by atoms with E-state index in [9.17, 15) is 9.59 Å². The highest BCUT2D eigenvalue weighted by molar-refractivity contribution is 5.76. The Bertz CT molecular complexity index is 931. The zero-order valence-electron chi connectivity index (χ0n) is 17.1. The molecule has 1 amide bonds. The third-order valence-corrected chi connectivity index (χ3v) is 5.55. The van der Waals surface area contributed by atoms with Crippen LogP contribution in [-0.4, -0.2) is 81.2 Å². The molecule has 9 heteroatoms. The van der Waals surface area contributed by atoms with Crippen molar-refractivity contribution in [2.75, 3.05) is 45.9 Å². The van der Waals surface area contributed by atoms with Crippen LogP contribution in [0.2, 0.25) is 0 Å². The Balaban J connectivity index is 1.31. The van der Waals surface area contributed by atoms with Gasteiger partial charge in [0.25, 0.3) is 5.56 Å². The topological polar surface area (TPSA) is 85.5 Å². The van der Waals surface area contributed by atoms with Crippen molar-refractivity contribution < 1.29 is 9.53 Å². The second-order valence-electron chi connectivity index (χ2n) is 7.92. The van der Waals surface area contributed by atoms with E-state index in [1.807, 2.05) is 24.8 Å². The van der Waals surface area contributed by atoms with Gasteiger partial charge in [0, 0.05) is 50.4 Å². The SMILES string of the molecule is Cc1cc(C)n(-c2ccc(=O)n(CC3CN(CCN4CCOCCC4=O)C3)n2)n1. The summed E-state index contributed by atoms with van der Waals surface area (Å²) in [6.07, 6.45) is 0.475. The summed E-state index contributed by atoms with van der Waals surface area (Å²) in [5.41, 5.74) is 1.82. The van der Waals surface area contributed by atoms with Gasteiger partial charge in [0.2, 0.25) is 5.91 Å². The van der Waals surface area contributed by atoms with Crippen LogP contribution in [0.25, 0.3) is 5.82 Å². The van der Waals surface area contributed by atoms with Gasteiger partial charge in [-0.25, -0.2) is 9.36 Å². The van der Waals surface area contributed by atoms with Gasteiger partial charge in [0.05, 0.1) is 31.9 Å². The van der Waals surface area contributed by atoms with Crippen molar-refractivity contribution in [1.29, 1.82) is 0 Å². The average Bonchev–Trinajstić information content (AvgIpc) is 2.86. The maximum Gasteiger partial charge on any atom is 0.266 e. The molecule has 0 radical (unpaired) electrons. The quantitative estimate of drug-likeness (QED) is 0.690. The van der Waals surface area contributed by atoms with Gasteiger partial charge in [-0.3, -0.25) is 9.59 Å². The van der Waals surface area contributed by atoms with Crippen molar-refractivity contribution in [2.45, 2.75) is 26.8 Å². The fraction of sp³-hybridized carbons (Fsp3) is 0.600. The molecule has 0 aromatic carbocycles. The third kappa shape index (κ3) is 4.56. The highest BCUT2D eigenvalue weighted by atomic mass is 16.5. The molecule has 0 aliphatic carbocycles. The van der Waals surface area contributed by atoms with E-state index < -0.39 is 0 Å². The van der Waals surface area contributed by atoms with Crippen LogP contribution < -0.4 is 5.56 Å². The van der Waals surface area contributed by atoms with E-state index in [0.29, 0.717) is 44.5 Å². The highest BCUT2D eigenvalue weighted by Crippen LogP contribution is 2.17. The predicted octanol–water partition coefficient (Wildman–Crippen LogP) is 0.227. The van der Waals surface area contributed by atoms with E-state index in [0.717, 1.165) is 37.6 Å². The Morgan fingerprint density at radius 2 is 1.93 bits per heavy atom. The van der Waals surface area contributed by atoms with Crippen LogP contribution in [0.4, 0.5) is 0 Å². The molecule has 0 unspecified atom stereocenters. The van der Waals surface area contributed by atoms with Crippen molar-refractivity contribution in [3.8, 4) is 5.82 Å². The molecule has 0 spiro atoms. The fourth-order valence-electron chi connectivity index (χ4n) is 3.98. The van der Waals surface area contributed by atoms with Crippen LogP contribution in [0.5, 0.6) is 0 Å². The van der Waals surface area contributed by atoms with Crippen molar-refractivity contribution >= 4 is 5.91 Å². The number of hydrogen-bond donors (Lipinski definition) is 0. The van der Waals surface area contributed by atoms with E-state index in [1.165, 1.54) is 0 Å². The molecule has 156 valence electrons. The van der Waals surface area contributed by atoms with Gasteiger partial charge in [-0.1, -0.05) is 0 Å². The van der Waals surface area contributed by atoms with Gasteiger partial charge in [-0.15, -0.1) is 5.10 Å². The molecule has 2 aromatic heterocycles. The zero-order chi connectivity index (χ0) is 20.4. The first-order valence-electron chi connectivity index (χ1n) is 10.2. The smallest absolute Gasteiger partial charge is 0.266 e. The van der Waals surface area contributed by atoms with Gasteiger partial charge >= 0.3 is 0 Å². The zero-order valence-corrected chi connectivity index (χ0v) is 17.1. The molecule has 0 saturated carbocycles. The van der Waals surface area contributed by atoms with Crippen molar-refractivity contribution in [3.05, 3.63) is 39.9 Å². The minimum atomic E-state index is -0.0936. The molecule has 2 aliphatic heterocycles. The first-order valence-corrected chi connectivity index (χ1v) is 10.2. The Morgan fingerprint density at radius 1 is 1.10 bits per heavy atom. The first-order chi connectivity index (χ1) is 14.0. The van der Waals surface area contributed by atoms with Gasteiger partial charge in [-0.05, 0) is 26.0 Å². The maximum absolute atomic E-state index is 12.3. The Kier molecular flexibility index (Phi) is 5.77. The minimum Gasteiger partial charge on any atom is -0.379 e. The normalized spacial score (nSPS) is 18.7. The van der Waals surface area contributed by atoms with Crippen LogP contribution in [0.1, 0.15) is 17.8 Å². The summed E-state index contributed by atoms with van der Waals surface area (Å²) in [6, 6.07) is 5.26. The number of rotatable bonds is 6. The maximum atomic E-state index is 12.3. The van der Waals surface area contributed by atoms with Gasteiger partial charge in [0.1, 0.15) is 0 Å². The molecule has 0 N–H and O–H groups in total. The summed E-state index contributed by atoms with van der Waals surface area (Å²) in [7, 11) is 0. The molecule has 2 aromatic rings. The number of carbonyl (C=O) groups is 1. The molecular weight excluding hydrogens is 372 g/mol. The molecule has 2 fully saturated rings. The molecule has 0 bridgehead atoms. The van der Waals surface area contributed by atoms with E-state index >= 15 is 0 Å². The number of aromatic nitrogens is 4. The number of carbonyl (C=O) groups excluding carboxylic acids is 1. The first kappa shape index (κ1) is 19.8. The summed E-state index contributed by atoms with van der Waals surface area (Å²) in [5, 5.41) is 8.97. The van der Waals surface area contributed by atoms with E-state index in [1.54, 1.807) is 21.5 Å². The van der Waals surface area contributed by atoms with Gasteiger partial charge in [0.15, 0.2) is 5.82 Å². The molecule has 2 aliphatic rings. The van der Waals surface area contributed by atoms with Crippen molar-refractivity contribution in [3.63, 3.8) is 0 Å². The molecule has 4 heterocycles. The van der Waals surface area contributed by atoms with Gasteiger partial charge in [-0.2, -0.15) is 5.10 Å². The van der Waals surface area contributed by atoms with E-state index in [2.05, 4.69) is 15.1 Å². The second kappa shape index (κ2) is 8.46. The lowest BCUT2D eigenvalue weighted by atomic mass is 10.0. The lowest BCUT2D eigenvalue weighted by Gasteiger charge is -2.40. The summed E-state index contributed by atoms with van der Waals surface area (Å²) in [5.74, 6) is 1.23. The number of hydrogen-bond acceptors (Lipinski definition) is 6. The minimum absolute atomic E-state index is 0.0936. The molecule has 2 saturated heterocycles. The largest absolute Gasteiger partial charge is 0.379 e. The summed E-state index contributed by atoms with van der Waals surface area (Å²) in [4.78, 5) is 28.5. The Hall–Kier alpha value is -2.52. The van der Waals surface area contributed by atoms with Crippen LogP contribution in [-0.2, 0) is 16.1 Å². The Labute approximate surface area is 169 Å². The molecule has 29 heavy (non-hydrogen) atoms. The predicted molar refractivity (Wildman–Crippen MR) is 107 cm³/mol. The van der Waals surface area contributed by atoms with Crippen LogP contribution in [0.3, 0.4) is 0 Å². The molecule has 4 rings (SSSR count). The molecule has 9 nitrogen and oxygen atoms in total. The number of ether oxygens (including phenoxy) is 1. The van der Waals surface area contributed by atoms with Crippen molar-refractivity contribution in [2.24, 2.45) is 5.92 Å². The second-order valence-corrected chi connectivity index (χ2v) is 7.92. The fourth-order valence-corrected chi connectivity index (χ4v) is 3.98. The van der Waals surface area contributed by atoms with Crippen LogP contribution in [0, 0.1) is 19.8 Å². The summed E-state index contributed by atoms with van der Waals surface area (Å²) in [6.45, 7) is 9.75. The number of nitrogens with zero attached hydrogens (tertiary/aromatic N) is 6. The monoisotopic (exact) mass is 400 g/mol.